The van der Waals surface area contributed by atoms with Gasteiger partial charge < -0.3 is 5.73 Å². The van der Waals surface area contributed by atoms with Crippen molar-refractivity contribution in [3.63, 3.8) is 0 Å². The first kappa shape index (κ1) is 5.83. The number of hydrogen-bond acceptors (Lipinski definition) is 1. The first-order valence-electron chi connectivity index (χ1n) is 3.21. The fourth-order valence-corrected chi connectivity index (χ4v) is 0.971. The van der Waals surface area contributed by atoms with Gasteiger partial charge in [-0.3, -0.25) is 0 Å². The molecule has 2 N–H and O–H groups in total. The van der Waals surface area contributed by atoms with Crippen LogP contribution in [0.3, 0.4) is 0 Å². The summed E-state index contributed by atoms with van der Waals surface area (Å²) < 4.78 is 0. The molecule has 8 heavy (non-hydrogen) atoms. The first-order chi connectivity index (χ1) is 3.80. The van der Waals surface area contributed by atoms with E-state index in [-0.39, 0.29) is 0 Å². The zero-order valence-corrected chi connectivity index (χ0v) is 5.30. The van der Waals surface area contributed by atoms with Gasteiger partial charge >= 0.3 is 0 Å². The van der Waals surface area contributed by atoms with E-state index in [2.05, 4.69) is 19.1 Å². The molecule has 0 aromatic heterocycles. The average molecular weight is 111 g/mol. The summed E-state index contributed by atoms with van der Waals surface area (Å²) in [6.45, 7) is 2.20. The molecule has 1 nitrogen and oxygen atoms in total. The molecule has 0 fully saturated rings. The minimum Gasteiger partial charge on any atom is -0.327 e. The third-order valence-electron chi connectivity index (χ3n) is 1.81. The van der Waals surface area contributed by atoms with Crippen molar-refractivity contribution in [1.29, 1.82) is 0 Å². The molecule has 0 aromatic carbocycles. The van der Waals surface area contributed by atoms with Crippen molar-refractivity contribution < 1.29 is 0 Å². The third-order valence-corrected chi connectivity index (χ3v) is 1.81. The van der Waals surface area contributed by atoms with Crippen LogP contribution in [0.15, 0.2) is 12.2 Å². The average Bonchev–Trinajstić information content (AvgIpc) is 1.77. The molecule has 0 heterocycles. The van der Waals surface area contributed by atoms with E-state index >= 15 is 0 Å². The lowest BCUT2D eigenvalue weighted by atomic mass is 9.92. The smallest absolute Gasteiger partial charge is 0.0102 e. The highest BCUT2D eigenvalue weighted by atomic mass is 14.6. The monoisotopic (exact) mass is 111 g/mol. The fraction of sp³-hybridized carbons (Fsp3) is 0.714. The van der Waals surface area contributed by atoms with Gasteiger partial charge in [-0.05, 0) is 18.8 Å². The molecule has 1 heteroatoms. The van der Waals surface area contributed by atoms with Crippen LogP contribution in [-0.2, 0) is 0 Å². The molecule has 1 rings (SSSR count). The van der Waals surface area contributed by atoms with E-state index in [9.17, 15) is 0 Å². The Morgan fingerprint density at radius 3 is 2.38 bits per heavy atom. The molecule has 0 amide bonds. The van der Waals surface area contributed by atoms with Gasteiger partial charge in [-0.1, -0.05) is 19.1 Å². The summed E-state index contributed by atoms with van der Waals surface area (Å²) in [4.78, 5) is 0. The van der Waals surface area contributed by atoms with Gasteiger partial charge in [-0.15, -0.1) is 0 Å². The van der Waals surface area contributed by atoms with Crippen LogP contribution in [0.4, 0.5) is 0 Å². The molecule has 0 aliphatic heterocycles. The molecule has 0 unspecified atom stereocenters. The van der Waals surface area contributed by atoms with Gasteiger partial charge in [0.1, 0.15) is 0 Å². The van der Waals surface area contributed by atoms with Crippen LogP contribution in [0, 0.1) is 5.92 Å². The van der Waals surface area contributed by atoms with E-state index < -0.39 is 0 Å². The molecule has 0 aromatic rings. The van der Waals surface area contributed by atoms with Crippen LogP contribution in [0.25, 0.3) is 0 Å². The highest BCUT2D eigenvalue weighted by molar-refractivity contribution is 4.94. The van der Waals surface area contributed by atoms with Crippen molar-refractivity contribution in [1.82, 2.24) is 0 Å². The molecule has 0 bridgehead atoms. The van der Waals surface area contributed by atoms with Gasteiger partial charge in [0.2, 0.25) is 0 Å². The summed E-state index contributed by atoms with van der Waals surface area (Å²) in [6.07, 6.45) is 6.63. The number of allylic oxidation sites excluding steroid dienone is 1. The van der Waals surface area contributed by atoms with Crippen molar-refractivity contribution >= 4 is 0 Å². The van der Waals surface area contributed by atoms with Crippen LogP contribution >= 0.6 is 0 Å². The summed E-state index contributed by atoms with van der Waals surface area (Å²) >= 11 is 0. The second kappa shape index (κ2) is 2.31. The predicted molar refractivity (Wildman–Crippen MR) is 35.5 cm³/mol. The number of hydrogen-bond donors (Lipinski definition) is 1. The fourth-order valence-electron chi connectivity index (χ4n) is 0.971. The van der Waals surface area contributed by atoms with Crippen molar-refractivity contribution in [3.8, 4) is 0 Å². The molecule has 46 valence electrons. The molecule has 1 aliphatic rings. The minimum absolute atomic E-state index is 0.417. The molecule has 0 spiro atoms. The van der Waals surface area contributed by atoms with Crippen molar-refractivity contribution in [2.24, 2.45) is 11.7 Å². The highest BCUT2D eigenvalue weighted by Crippen LogP contribution is 2.15. The molecule has 0 saturated heterocycles. The zero-order valence-electron chi connectivity index (χ0n) is 5.30. The number of nitrogens with two attached hydrogens (primary N) is 1. The van der Waals surface area contributed by atoms with E-state index in [0.29, 0.717) is 12.0 Å². The summed E-state index contributed by atoms with van der Waals surface area (Å²) in [5.74, 6) is 0.694. The zero-order chi connectivity index (χ0) is 5.98. The molecule has 1 aliphatic carbocycles. The molecule has 0 saturated carbocycles. The maximum Gasteiger partial charge on any atom is 0.0102 e. The van der Waals surface area contributed by atoms with Crippen molar-refractivity contribution in [3.05, 3.63) is 12.2 Å². The third kappa shape index (κ3) is 1.10. The van der Waals surface area contributed by atoms with Gasteiger partial charge in [0, 0.05) is 6.04 Å². The lowest BCUT2D eigenvalue weighted by molar-refractivity contribution is 0.446. The predicted octanol–water partition coefficient (Wildman–Crippen LogP) is 1.30. The summed E-state index contributed by atoms with van der Waals surface area (Å²) in [5, 5.41) is 0. The van der Waals surface area contributed by atoms with Crippen molar-refractivity contribution in [2.75, 3.05) is 0 Å². The minimum atomic E-state index is 0.417. The van der Waals surface area contributed by atoms with Crippen LogP contribution in [0.1, 0.15) is 19.8 Å². The van der Waals surface area contributed by atoms with Crippen LogP contribution in [0.5, 0.6) is 0 Å². The van der Waals surface area contributed by atoms with Gasteiger partial charge in [-0.2, -0.15) is 0 Å². The van der Waals surface area contributed by atoms with Gasteiger partial charge in [-0.25, -0.2) is 0 Å². The topological polar surface area (TPSA) is 26.0 Å². The Labute approximate surface area is 50.6 Å². The molecule has 0 radical (unpaired) electrons. The summed E-state index contributed by atoms with van der Waals surface area (Å²) in [5.41, 5.74) is 5.73. The second-order valence-corrected chi connectivity index (χ2v) is 2.58. The van der Waals surface area contributed by atoms with E-state index in [1.54, 1.807) is 0 Å². The number of rotatable bonds is 0. The van der Waals surface area contributed by atoms with E-state index in [1.807, 2.05) is 0 Å². The van der Waals surface area contributed by atoms with Gasteiger partial charge in [0.15, 0.2) is 0 Å². The Balaban J connectivity index is 2.44. The van der Waals surface area contributed by atoms with Crippen LogP contribution < -0.4 is 5.73 Å². The highest BCUT2D eigenvalue weighted by Gasteiger charge is 2.11. The second-order valence-electron chi connectivity index (χ2n) is 2.58. The summed E-state index contributed by atoms with van der Waals surface area (Å²) in [6, 6.07) is 0.417. The van der Waals surface area contributed by atoms with Gasteiger partial charge in [0.25, 0.3) is 0 Å². The van der Waals surface area contributed by atoms with Crippen LogP contribution in [-0.4, -0.2) is 6.04 Å². The van der Waals surface area contributed by atoms with E-state index in [4.69, 9.17) is 5.73 Å². The Hall–Kier alpha value is -0.300. The first-order valence-corrected chi connectivity index (χ1v) is 3.21. The Kier molecular flexibility index (Phi) is 1.69. The summed E-state index contributed by atoms with van der Waals surface area (Å²) in [7, 11) is 0. The normalized spacial score (nSPS) is 37.8. The lowest BCUT2D eigenvalue weighted by Crippen LogP contribution is -2.28. The van der Waals surface area contributed by atoms with E-state index in [0.717, 1.165) is 6.42 Å². The maximum absolute atomic E-state index is 5.73. The Bertz CT molecular complexity index is 84.6. The quantitative estimate of drug-likeness (QED) is 0.468. The van der Waals surface area contributed by atoms with Crippen molar-refractivity contribution in [2.45, 2.75) is 25.8 Å². The maximum atomic E-state index is 5.73. The lowest BCUT2D eigenvalue weighted by Gasteiger charge is -2.19. The van der Waals surface area contributed by atoms with Gasteiger partial charge in [0.05, 0.1) is 0 Å². The SMILES string of the molecule is C[C@H]1CC=CC[C@H]1N. The molecule has 2 atom stereocenters. The molecular formula is C7H13N. The Morgan fingerprint density at radius 1 is 1.38 bits per heavy atom. The molecular weight excluding hydrogens is 98.1 g/mol. The van der Waals surface area contributed by atoms with E-state index in [1.165, 1.54) is 6.42 Å². The van der Waals surface area contributed by atoms with Crippen LogP contribution in [0.2, 0.25) is 0 Å². The Morgan fingerprint density at radius 2 is 2.00 bits per heavy atom. The largest absolute Gasteiger partial charge is 0.327 e. The standard InChI is InChI=1S/C7H13N/c1-6-4-2-3-5-7(6)8/h2-3,6-7H,4-5,8H2,1H3/t6-,7+/m0/s1.